The summed E-state index contributed by atoms with van der Waals surface area (Å²) in [4.78, 5) is 9.27. The van der Waals surface area contributed by atoms with Gasteiger partial charge in [-0.05, 0) is 48.9 Å². The van der Waals surface area contributed by atoms with Gasteiger partial charge in [-0.15, -0.1) is 0 Å². The second kappa shape index (κ2) is 7.88. The quantitative estimate of drug-likeness (QED) is 0.579. The van der Waals surface area contributed by atoms with Crippen LogP contribution in [0, 0.1) is 0 Å². The third kappa shape index (κ3) is 4.28. The normalized spacial score (nSPS) is 16.1. The minimum Gasteiger partial charge on any atom is -0.493 e. The SMILES string of the molecule is C=S(N)(=O)c1cccc(COc2cc3ncnc(NC4CCC4)c3cc2OC)c1. The lowest BCUT2D eigenvalue weighted by molar-refractivity contribution is 0.285. The third-order valence-electron chi connectivity index (χ3n) is 5.06. The van der Waals surface area contributed by atoms with Crippen LogP contribution in [0.5, 0.6) is 11.5 Å². The lowest BCUT2D eigenvalue weighted by atomic mass is 9.93. The summed E-state index contributed by atoms with van der Waals surface area (Å²) in [6, 6.07) is 11.3. The largest absolute Gasteiger partial charge is 0.493 e. The molecule has 3 aromatic rings. The van der Waals surface area contributed by atoms with Crippen LogP contribution in [-0.2, 0) is 16.3 Å². The summed E-state index contributed by atoms with van der Waals surface area (Å²) < 4.78 is 23.5. The monoisotopic (exact) mass is 412 g/mol. The number of nitrogens with two attached hydrogens (primary N) is 1. The number of anilines is 1. The van der Waals surface area contributed by atoms with Gasteiger partial charge in [0.05, 0.1) is 22.3 Å². The van der Waals surface area contributed by atoms with E-state index in [1.807, 2.05) is 18.2 Å². The molecule has 8 heteroatoms. The highest BCUT2D eigenvalue weighted by Gasteiger charge is 2.19. The maximum atomic E-state index is 12.0. The number of nitrogens with one attached hydrogen (secondary N) is 1. The van der Waals surface area contributed by atoms with Crippen molar-refractivity contribution in [3.8, 4) is 11.5 Å². The van der Waals surface area contributed by atoms with Crippen LogP contribution in [0.15, 0.2) is 47.6 Å². The van der Waals surface area contributed by atoms with E-state index in [4.69, 9.17) is 14.6 Å². The van der Waals surface area contributed by atoms with Gasteiger partial charge >= 0.3 is 0 Å². The third-order valence-corrected chi connectivity index (χ3v) is 6.11. The molecule has 0 saturated heterocycles. The van der Waals surface area contributed by atoms with Crippen LogP contribution >= 0.6 is 0 Å². The Morgan fingerprint density at radius 2 is 2.07 bits per heavy atom. The molecule has 4 rings (SSSR count). The average Bonchev–Trinajstić information content (AvgIpc) is 2.68. The van der Waals surface area contributed by atoms with E-state index in [2.05, 4.69) is 21.2 Å². The van der Waals surface area contributed by atoms with E-state index in [9.17, 15) is 4.21 Å². The second-order valence-corrected chi connectivity index (χ2v) is 9.10. The highest BCUT2D eigenvalue weighted by Crippen LogP contribution is 2.35. The topological polar surface area (TPSA) is 99.4 Å². The highest BCUT2D eigenvalue weighted by molar-refractivity contribution is 7.98. The van der Waals surface area contributed by atoms with Gasteiger partial charge in [-0.1, -0.05) is 12.1 Å². The highest BCUT2D eigenvalue weighted by atomic mass is 32.2. The summed E-state index contributed by atoms with van der Waals surface area (Å²) in [6.07, 6.45) is 5.11. The summed E-state index contributed by atoms with van der Waals surface area (Å²) in [6.45, 7) is 0.267. The first-order valence-corrected chi connectivity index (χ1v) is 11.2. The molecule has 0 amide bonds. The molecule has 7 nitrogen and oxygen atoms in total. The van der Waals surface area contributed by atoms with Gasteiger partial charge in [0, 0.05) is 22.4 Å². The van der Waals surface area contributed by atoms with Crippen molar-refractivity contribution in [1.82, 2.24) is 9.97 Å². The van der Waals surface area contributed by atoms with Gasteiger partial charge in [-0.2, -0.15) is 0 Å². The van der Waals surface area contributed by atoms with Crippen LogP contribution in [-0.4, -0.2) is 33.2 Å². The number of benzene rings is 2. The number of ether oxygens (including phenoxy) is 2. The number of rotatable bonds is 7. The summed E-state index contributed by atoms with van der Waals surface area (Å²) >= 11 is 0. The van der Waals surface area contributed by atoms with Crippen LogP contribution in [0.1, 0.15) is 24.8 Å². The van der Waals surface area contributed by atoms with Crippen LogP contribution < -0.4 is 19.9 Å². The molecule has 1 atom stereocenters. The fourth-order valence-corrected chi connectivity index (χ4v) is 3.87. The Labute approximate surface area is 170 Å². The van der Waals surface area contributed by atoms with E-state index in [-0.39, 0.29) is 6.61 Å². The Bertz CT molecular complexity index is 1140. The van der Waals surface area contributed by atoms with Gasteiger partial charge in [0.1, 0.15) is 18.8 Å². The molecule has 1 aliphatic rings. The molecule has 1 aliphatic carbocycles. The number of methoxy groups -OCH3 is 1. The fraction of sp³-hybridized carbons (Fsp3) is 0.286. The Hall–Kier alpha value is -2.84. The van der Waals surface area contributed by atoms with E-state index in [0.717, 1.165) is 35.1 Å². The number of nitrogens with zero attached hydrogens (tertiary/aromatic N) is 2. The molecule has 1 unspecified atom stereocenters. The van der Waals surface area contributed by atoms with Crippen LogP contribution in [0.25, 0.3) is 10.9 Å². The number of hydrogen-bond donors (Lipinski definition) is 2. The maximum absolute atomic E-state index is 12.0. The molecule has 1 saturated carbocycles. The van der Waals surface area contributed by atoms with Crippen molar-refractivity contribution in [3.05, 3.63) is 48.3 Å². The number of hydrogen-bond acceptors (Lipinski definition) is 6. The van der Waals surface area contributed by atoms with Crippen LogP contribution in [0.2, 0.25) is 0 Å². The molecular weight excluding hydrogens is 388 g/mol. The first-order chi connectivity index (χ1) is 13.9. The Morgan fingerprint density at radius 1 is 1.24 bits per heavy atom. The zero-order valence-electron chi connectivity index (χ0n) is 16.3. The van der Waals surface area contributed by atoms with Crippen LogP contribution in [0.4, 0.5) is 5.82 Å². The maximum Gasteiger partial charge on any atom is 0.163 e. The smallest absolute Gasteiger partial charge is 0.163 e. The van der Waals surface area contributed by atoms with Gasteiger partial charge < -0.3 is 14.8 Å². The van der Waals surface area contributed by atoms with Crippen molar-refractivity contribution in [3.63, 3.8) is 0 Å². The molecule has 3 N–H and O–H groups in total. The first kappa shape index (κ1) is 19.5. The van der Waals surface area contributed by atoms with Gasteiger partial charge in [0.2, 0.25) is 0 Å². The molecule has 0 spiro atoms. The van der Waals surface area contributed by atoms with Crippen LogP contribution in [0.3, 0.4) is 0 Å². The lowest BCUT2D eigenvalue weighted by Gasteiger charge is -2.27. The molecule has 152 valence electrons. The van der Waals surface area contributed by atoms with Crippen molar-refractivity contribution >= 4 is 32.3 Å². The minimum absolute atomic E-state index is 0.267. The van der Waals surface area contributed by atoms with Crippen molar-refractivity contribution in [2.24, 2.45) is 5.14 Å². The Morgan fingerprint density at radius 3 is 2.76 bits per heavy atom. The molecule has 0 radical (unpaired) electrons. The average molecular weight is 413 g/mol. The summed E-state index contributed by atoms with van der Waals surface area (Å²) in [7, 11) is -1.17. The molecule has 29 heavy (non-hydrogen) atoms. The van der Waals surface area contributed by atoms with E-state index in [1.165, 1.54) is 6.42 Å². The number of fused-ring (bicyclic) bond motifs is 1. The van der Waals surface area contributed by atoms with E-state index in [0.29, 0.717) is 22.4 Å². The molecule has 1 aromatic heterocycles. The second-order valence-electron chi connectivity index (χ2n) is 7.18. The zero-order valence-corrected chi connectivity index (χ0v) is 17.1. The summed E-state index contributed by atoms with van der Waals surface area (Å²) in [5.74, 6) is 5.50. The first-order valence-electron chi connectivity index (χ1n) is 9.40. The molecule has 0 bridgehead atoms. The van der Waals surface area contributed by atoms with Crippen molar-refractivity contribution in [1.29, 1.82) is 0 Å². The van der Waals surface area contributed by atoms with Gasteiger partial charge in [-0.25, -0.2) is 14.2 Å². The fourth-order valence-electron chi connectivity index (χ4n) is 3.21. The van der Waals surface area contributed by atoms with Crippen molar-refractivity contribution in [2.45, 2.75) is 36.8 Å². The molecule has 2 aromatic carbocycles. The van der Waals surface area contributed by atoms with Crippen molar-refractivity contribution < 1.29 is 13.7 Å². The predicted molar refractivity (Wildman–Crippen MR) is 116 cm³/mol. The molecular formula is C21H24N4O3S. The predicted octanol–water partition coefficient (Wildman–Crippen LogP) is 3.13. The summed E-state index contributed by atoms with van der Waals surface area (Å²) in [5.41, 5.74) is 1.61. The molecule has 1 fully saturated rings. The van der Waals surface area contributed by atoms with E-state index >= 15 is 0 Å². The zero-order chi connectivity index (χ0) is 20.4. The van der Waals surface area contributed by atoms with Crippen molar-refractivity contribution in [2.75, 3.05) is 12.4 Å². The standard InChI is InChI=1S/C21H24N4O3S/c1-27-19-10-17-18(23-13-24-21(17)25-15-6-4-7-15)11-20(19)28-12-14-5-3-8-16(9-14)29(2,22)26/h3,5,8-11,13,15H,2,4,6-7,12H2,1H3,(H2,22,26)(H,23,24,25). The van der Waals surface area contributed by atoms with E-state index < -0.39 is 9.71 Å². The van der Waals surface area contributed by atoms with Gasteiger partial charge in [0.15, 0.2) is 11.5 Å². The Kier molecular flexibility index (Phi) is 5.29. The lowest BCUT2D eigenvalue weighted by Crippen LogP contribution is -2.27. The van der Waals surface area contributed by atoms with Gasteiger partial charge in [-0.3, -0.25) is 5.14 Å². The molecule has 1 heterocycles. The number of aromatic nitrogens is 2. The molecule has 0 aliphatic heterocycles. The Balaban J connectivity index is 1.60. The van der Waals surface area contributed by atoms with E-state index in [1.54, 1.807) is 31.6 Å². The van der Waals surface area contributed by atoms with Gasteiger partial charge in [0.25, 0.3) is 0 Å². The minimum atomic E-state index is -2.77. The summed E-state index contributed by atoms with van der Waals surface area (Å²) in [5, 5.41) is 10.0.